The average molecular weight is 435 g/mol. The largest absolute Gasteiger partial charge is 0.393 e. The van der Waals surface area contributed by atoms with Crippen LogP contribution in [0.4, 0.5) is 0 Å². The summed E-state index contributed by atoms with van der Waals surface area (Å²) in [6, 6.07) is 0. The van der Waals surface area contributed by atoms with Gasteiger partial charge >= 0.3 is 0 Å². The van der Waals surface area contributed by atoms with Gasteiger partial charge in [-0.3, -0.25) is 9.59 Å². The summed E-state index contributed by atoms with van der Waals surface area (Å²) in [5, 5.41) is 40.0. The lowest BCUT2D eigenvalue weighted by Crippen LogP contribution is -2.37. The second-order valence-electron chi connectivity index (χ2n) is 7.51. The molecular formula is C22H46N2O6. The minimum Gasteiger partial charge on any atom is -0.393 e. The molecule has 0 heterocycles. The van der Waals surface area contributed by atoms with Crippen molar-refractivity contribution in [1.29, 1.82) is 0 Å². The van der Waals surface area contributed by atoms with Crippen molar-refractivity contribution < 1.29 is 30.0 Å². The number of aliphatic hydroxyl groups is 4. The van der Waals surface area contributed by atoms with E-state index in [4.69, 9.17) is 20.4 Å². The first-order valence-corrected chi connectivity index (χ1v) is 11.6. The summed E-state index contributed by atoms with van der Waals surface area (Å²) in [6.45, 7) is 4.50. The van der Waals surface area contributed by atoms with E-state index >= 15 is 0 Å². The van der Waals surface area contributed by atoms with Gasteiger partial charge in [-0.15, -0.1) is 0 Å². The first-order valence-electron chi connectivity index (χ1n) is 11.6. The first kappa shape index (κ1) is 31.0. The van der Waals surface area contributed by atoms with Gasteiger partial charge in [-0.1, -0.05) is 78.1 Å². The number of unbranched alkanes of at least 4 members (excludes halogenated alkanes) is 10. The van der Waals surface area contributed by atoms with Crippen molar-refractivity contribution in [1.82, 2.24) is 10.6 Å². The Labute approximate surface area is 182 Å². The zero-order chi connectivity index (χ0) is 23.0. The molecule has 0 radical (unpaired) electrons. The van der Waals surface area contributed by atoms with Crippen molar-refractivity contribution in [3.05, 3.63) is 0 Å². The van der Waals surface area contributed by atoms with Crippen LogP contribution < -0.4 is 10.6 Å². The van der Waals surface area contributed by atoms with Crippen molar-refractivity contribution in [2.24, 2.45) is 0 Å². The molecule has 0 aliphatic carbocycles. The Balaban J connectivity index is 0. The van der Waals surface area contributed by atoms with Crippen LogP contribution in [0.15, 0.2) is 0 Å². The summed E-state index contributed by atoms with van der Waals surface area (Å²) in [7, 11) is 0. The number of carbonyl (C=O) groups excluding carboxylic acids is 2. The normalized spacial score (nSPS) is 12.5. The highest BCUT2D eigenvalue weighted by Gasteiger charge is 2.12. The molecule has 0 bridgehead atoms. The summed E-state index contributed by atoms with van der Waals surface area (Å²) in [5.41, 5.74) is 0. The van der Waals surface area contributed by atoms with Gasteiger partial charge in [-0.25, -0.2) is 0 Å². The third-order valence-corrected chi connectivity index (χ3v) is 4.61. The number of hydrogen-bond donors (Lipinski definition) is 6. The Hall–Kier alpha value is -1.22. The maximum atomic E-state index is 11.0. The van der Waals surface area contributed by atoms with E-state index in [1.165, 1.54) is 51.4 Å². The topological polar surface area (TPSA) is 139 Å². The molecule has 2 atom stereocenters. The van der Waals surface area contributed by atoms with Gasteiger partial charge in [-0.05, 0) is 12.8 Å². The van der Waals surface area contributed by atoms with Crippen LogP contribution in [0.25, 0.3) is 0 Å². The highest BCUT2D eigenvalue weighted by atomic mass is 16.3. The lowest BCUT2D eigenvalue weighted by Gasteiger charge is -2.08. The maximum Gasteiger partial charge on any atom is 0.251 e. The Morgan fingerprint density at radius 3 is 1.20 bits per heavy atom. The Kier molecular flexibility index (Phi) is 24.8. The van der Waals surface area contributed by atoms with E-state index in [2.05, 4.69) is 24.5 Å². The lowest BCUT2D eigenvalue weighted by atomic mass is 10.1. The fourth-order valence-corrected chi connectivity index (χ4v) is 2.64. The number of rotatable bonds is 18. The fraction of sp³-hybridized carbons (Fsp3) is 0.909. The minimum absolute atomic E-state index is 0.481. The van der Waals surface area contributed by atoms with Crippen molar-refractivity contribution in [2.75, 3.05) is 26.3 Å². The standard InChI is InChI=1S/2C11H23NO3/c2*1-2-3-4-5-6-7-8-12-11(15)10(14)9-13/h2*10,13-14H,2-9H2,1H3,(H,12,15). The average Bonchev–Trinajstić information content (AvgIpc) is 2.76. The molecule has 2 amide bonds. The summed E-state index contributed by atoms with van der Waals surface area (Å²) in [4.78, 5) is 22.0. The molecule has 0 aliphatic heterocycles. The molecular weight excluding hydrogens is 388 g/mol. The molecule has 0 aromatic heterocycles. The van der Waals surface area contributed by atoms with E-state index in [-0.39, 0.29) is 0 Å². The van der Waals surface area contributed by atoms with Crippen LogP contribution in [-0.4, -0.2) is 70.8 Å². The second kappa shape index (κ2) is 24.1. The van der Waals surface area contributed by atoms with Crippen LogP contribution in [0.2, 0.25) is 0 Å². The van der Waals surface area contributed by atoms with Gasteiger partial charge in [-0.2, -0.15) is 0 Å². The van der Waals surface area contributed by atoms with Crippen LogP contribution in [0.1, 0.15) is 90.9 Å². The Morgan fingerprint density at radius 1 is 0.600 bits per heavy atom. The summed E-state index contributed by atoms with van der Waals surface area (Å²) >= 11 is 0. The van der Waals surface area contributed by atoms with Gasteiger partial charge < -0.3 is 31.1 Å². The number of nitrogens with one attached hydrogen (secondary N) is 2. The van der Waals surface area contributed by atoms with E-state index in [1.54, 1.807) is 0 Å². The molecule has 180 valence electrons. The predicted octanol–water partition coefficient (Wildman–Crippen LogP) is 1.63. The van der Waals surface area contributed by atoms with Crippen molar-refractivity contribution in [2.45, 2.75) is 103 Å². The quantitative estimate of drug-likeness (QED) is 0.181. The lowest BCUT2D eigenvalue weighted by molar-refractivity contribution is -0.131. The second-order valence-corrected chi connectivity index (χ2v) is 7.51. The first-order chi connectivity index (χ1) is 14.4. The monoisotopic (exact) mass is 434 g/mol. The number of aliphatic hydroxyl groups excluding tert-OH is 4. The van der Waals surface area contributed by atoms with Gasteiger partial charge in [0.25, 0.3) is 11.8 Å². The Morgan fingerprint density at radius 2 is 0.900 bits per heavy atom. The molecule has 8 nitrogen and oxygen atoms in total. The molecule has 0 aromatic carbocycles. The molecule has 0 aliphatic rings. The molecule has 8 heteroatoms. The van der Waals surface area contributed by atoms with Gasteiger partial charge in [0.15, 0.2) is 12.2 Å². The van der Waals surface area contributed by atoms with Crippen LogP contribution in [0.5, 0.6) is 0 Å². The molecule has 0 saturated carbocycles. The minimum atomic E-state index is -1.27. The molecule has 0 spiro atoms. The van der Waals surface area contributed by atoms with E-state index in [0.29, 0.717) is 13.1 Å². The fourth-order valence-electron chi connectivity index (χ4n) is 2.64. The highest BCUT2D eigenvalue weighted by Crippen LogP contribution is 2.04. The Bertz CT molecular complexity index is 360. The maximum absolute atomic E-state index is 11.0. The smallest absolute Gasteiger partial charge is 0.251 e. The van der Waals surface area contributed by atoms with Gasteiger partial charge in [0.2, 0.25) is 0 Å². The van der Waals surface area contributed by atoms with E-state index < -0.39 is 37.2 Å². The van der Waals surface area contributed by atoms with E-state index in [9.17, 15) is 9.59 Å². The third-order valence-electron chi connectivity index (χ3n) is 4.61. The van der Waals surface area contributed by atoms with Crippen molar-refractivity contribution >= 4 is 11.8 Å². The van der Waals surface area contributed by atoms with Crippen LogP contribution >= 0.6 is 0 Å². The van der Waals surface area contributed by atoms with Crippen molar-refractivity contribution in [3.63, 3.8) is 0 Å². The molecule has 6 N–H and O–H groups in total. The van der Waals surface area contributed by atoms with Crippen molar-refractivity contribution in [3.8, 4) is 0 Å². The van der Waals surface area contributed by atoms with E-state index in [0.717, 1.165) is 25.7 Å². The predicted molar refractivity (Wildman–Crippen MR) is 119 cm³/mol. The molecule has 0 saturated heterocycles. The van der Waals surface area contributed by atoms with Gasteiger partial charge in [0.1, 0.15) is 0 Å². The van der Waals surface area contributed by atoms with Crippen LogP contribution in [0, 0.1) is 0 Å². The van der Waals surface area contributed by atoms with Gasteiger partial charge in [0, 0.05) is 13.1 Å². The number of carbonyl (C=O) groups is 2. The molecule has 0 fully saturated rings. The van der Waals surface area contributed by atoms with Gasteiger partial charge in [0.05, 0.1) is 13.2 Å². The molecule has 0 rings (SSSR count). The van der Waals surface area contributed by atoms with Crippen LogP contribution in [0.3, 0.4) is 0 Å². The highest BCUT2D eigenvalue weighted by molar-refractivity contribution is 5.80. The molecule has 2 unspecified atom stereocenters. The number of amides is 2. The third kappa shape index (κ3) is 21.5. The zero-order valence-electron chi connectivity index (χ0n) is 19.1. The summed E-state index contributed by atoms with van der Waals surface area (Å²) < 4.78 is 0. The number of hydrogen-bond acceptors (Lipinski definition) is 6. The van der Waals surface area contributed by atoms with E-state index in [1.807, 2.05) is 0 Å². The summed E-state index contributed by atoms with van der Waals surface area (Å²) in [5.74, 6) is -0.961. The molecule has 30 heavy (non-hydrogen) atoms. The van der Waals surface area contributed by atoms with Crippen LogP contribution in [-0.2, 0) is 9.59 Å². The summed E-state index contributed by atoms with van der Waals surface area (Å²) in [6.07, 6.45) is 11.5. The zero-order valence-corrected chi connectivity index (χ0v) is 19.1. The SMILES string of the molecule is CCCCCCCCNC(=O)C(O)CO.CCCCCCCCNC(=O)C(O)CO. The molecule has 0 aromatic rings.